The Morgan fingerprint density at radius 3 is 2.66 bits per heavy atom. The Morgan fingerprint density at radius 2 is 2.03 bits per heavy atom. The fraction of sp³-hybridized carbons (Fsp3) is 0.409. The topological polar surface area (TPSA) is 80.5 Å². The number of hydrogen-bond donors (Lipinski definition) is 1. The third kappa shape index (κ3) is 3.96. The number of carboxylic acid groups (broad SMARTS) is 1. The van der Waals surface area contributed by atoms with Crippen LogP contribution < -0.4 is 4.74 Å². The van der Waals surface area contributed by atoms with Crippen molar-refractivity contribution in [3.63, 3.8) is 0 Å². The first kappa shape index (κ1) is 19.4. The quantitative estimate of drug-likeness (QED) is 0.587. The van der Waals surface area contributed by atoms with Crippen LogP contribution in [0.4, 0.5) is 0 Å². The van der Waals surface area contributed by atoms with E-state index in [4.69, 9.17) is 9.84 Å². The van der Waals surface area contributed by atoms with Gasteiger partial charge >= 0.3 is 5.97 Å². The Kier molecular flexibility index (Phi) is 5.49. The zero-order valence-electron chi connectivity index (χ0n) is 16.8. The molecule has 2 heterocycles. The first-order valence-corrected chi connectivity index (χ1v) is 10.0. The second kappa shape index (κ2) is 8.21. The molecule has 1 aromatic carbocycles. The second-order valence-electron chi connectivity index (χ2n) is 7.78. The number of rotatable bonds is 8. The molecule has 0 spiro atoms. The average Bonchev–Trinajstić information content (AvgIpc) is 3.03. The Bertz CT molecular complexity index is 1010. The highest BCUT2D eigenvalue weighted by atomic mass is 16.5. The predicted molar refractivity (Wildman–Crippen MR) is 111 cm³/mol. The normalized spacial score (nSPS) is 14.3. The number of aromatic nitrogens is 3. The van der Waals surface area contributed by atoms with Crippen LogP contribution in [0.25, 0.3) is 16.7 Å². The maximum atomic E-state index is 11.7. The van der Waals surface area contributed by atoms with Crippen LogP contribution in [0.1, 0.15) is 47.8 Å². The summed E-state index contributed by atoms with van der Waals surface area (Å²) in [6, 6.07) is 11.3. The van der Waals surface area contributed by atoms with Gasteiger partial charge in [-0.1, -0.05) is 24.6 Å². The Labute approximate surface area is 169 Å². The van der Waals surface area contributed by atoms with Crippen LogP contribution in [0.5, 0.6) is 5.75 Å². The van der Waals surface area contributed by atoms with Crippen molar-refractivity contribution in [1.82, 2.24) is 19.7 Å². The summed E-state index contributed by atoms with van der Waals surface area (Å²) in [5, 5.41) is 15.3. The smallest absolute Gasteiger partial charge is 0.354 e. The Balaban J connectivity index is 1.83. The molecule has 0 aliphatic heterocycles. The number of nitrogens with zero attached hydrogens (tertiary/aromatic N) is 4. The molecule has 152 valence electrons. The summed E-state index contributed by atoms with van der Waals surface area (Å²) in [4.78, 5) is 18.3. The third-order valence-corrected chi connectivity index (χ3v) is 5.35. The number of pyridine rings is 1. The van der Waals surface area contributed by atoms with Crippen LogP contribution in [0.2, 0.25) is 0 Å². The number of benzene rings is 1. The standard InChI is InChI=1S/C22H26N4O3/c1-25(2)12-7-13-29-18-14-17(22(27)28)23-21-19(18)20(15-8-6-9-15)24-26(21)16-10-4-3-5-11-16/h3-5,10-11,14-15H,6-9,12-13H2,1-2H3,(H,27,28). The lowest BCUT2D eigenvalue weighted by Gasteiger charge is -2.24. The molecule has 1 N–H and O–H groups in total. The van der Waals surface area contributed by atoms with Crippen LogP contribution in [-0.4, -0.2) is 58.0 Å². The maximum absolute atomic E-state index is 11.7. The van der Waals surface area contributed by atoms with Gasteiger partial charge in [0.1, 0.15) is 5.75 Å². The van der Waals surface area contributed by atoms with Crippen LogP contribution in [-0.2, 0) is 0 Å². The lowest BCUT2D eigenvalue weighted by atomic mass is 9.82. The van der Waals surface area contributed by atoms with Gasteiger partial charge in [-0.2, -0.15) is 5.10 Å². The summed E-state index contributed by atoms with van der Waals surface area (Å²) in [7, 11) is 4.04. The maximum Gasteiger partial charge on any atom is 0.354 e. The molecule has 0 saturated heterocycles. The molecule has 7 nitrogen and oxygen atoms in total. The van der Waals surface area contributed by atoms with E-state index in [0.29, 0.717) is 23.9 Å². The lowest BCUT2D eigenvalue weighted by molar-refractivity contribution is 0.0690. The van der Waals surface area contributed by atoms with Gasteiger partial charge in [0.05, 0.1) is 23.4 Å². The van der Waals surface area contributed by atoms with Gasteiger partial charge in [0.2, 0.25) is 0 Å². The summed E-state index contributed by atoms with van der Waals surface area (Å²) < 4.78 is 7.84. The van der Waals surface area contributed by atoms with Crippen LogP contribution in [0.3, 0.4) is 0 Å². The van der Waals surface area contributed by atoms with Crippen LogP contribution in [0.15, 0.2) is 36.4 Å². The number of para-hydroxylation sites is 1. The Morgan fingerprint density at radius 1 is 1.28 bits per heavy atom. The van der Waals surface area contributed by atoms with Gasteiger partial charge in [-0.15, -0.1) is 0 Å². The molecular formula is C22H26N4O3. The molecule has 1 fully saturated rings. The van der Waals surface area contributed by atoms with Crippen molar-refractivity contribution in [3.05, 3.63) is 47.8 Å². The molecule has 0 amide bonds. The SMILES string of the molecule is CN(C)CCCOc1cc(C(=O)O)nc2c1c(C1CCC1)nn2-c1ccccc1. The highest BCUT2D eigenvalue weighted by molar-refractivity contribution is 5.94. The van der Waals surface area contributed by atoms with Gasteiger partial charge in [0, 0.05) is 18.5 Å². The van der Waals surface area contributed by atoms with E-state index in [2.05, 4.69) is 9.88 Å². The van der Waals surface area contributed by atoms with E-state index in [1.54, 1.807) is 10.7 Å². The van der Waals surface area contributed by atoms with Crippen molar-refractivity contribution in [2.75, 3.05) is 27.2 Å². The summed E-state index contributed by atoms with van der Waals surface area (Å²) in [5.74, 6) is -0.143. The van der Waals surface area contributed by atoms with Crippen molar-refractivity contribution >= 4 is 17.0 Å². The molecule has 29 heavy (non-hydrogen) atoms. The third-order valence-electron chi connectivity index (χ3n) is 5.35. The lowest BCUT2D eigenvalue weighted by Crippen LogP contribution is -2.16. The van der Waals surface area contributed by atoms with Gasteiger partial charge in [0.25, 0.3) is 0 Å². The molecular weight excluding hydrogens is 368 g/mol. The number of ether oxygens (including phenoxy) is 1. The first-order chi connectivity index (χ1) is 14.0. The number of fused-ring (bicyclic) bond motifs is 1. The minimum Gasteiger partial charge on any atom is -0.493 e. The summed E-state index contributed by atoms with van der Waals surface area (Å²) in [5.41, 5.74) is 2.33. The van der Waals surface area contributed by atoms with E-state index in [0.717, 1.165) is 42.6 Å². The number of hydrogen-bond acceptors (Lipinski definition) is 5. The van der Waals surface area contributed by atoms with Gasteiger partial charge in [-0.05, 0) is 45.5 Å². The van der Waals surface area contributed by atoms with Crippen molar-refractivity contribution in [3.8, 4) is 11.4 Å². The van der Waals surface area contributed by atoms with E-state index in [1.807, 2.05) is 44.4 Å². The summed E-state index contributed by atoms with van der Waals surface area (Å²) >= 11 is 0. The molecule has 4 rings (SSSR count). The molecule has 2 aromatic heterocycles. The fourth-order valence-corrected chi connectivity index (χ4v) is 3.61. The monoisotopic (exact) mass is 394 g/mol. The molecule has 7 heteroatoms. The van der Waals surface area contributed by atoms with Gasteiger partial charge in [0.15, 0.2) is 11.3 Å². The van der Waals surface area contributed by atoms with Crippen molar-refractivity contribution in [2.45, 2.75) is 31.6 Å². The molecule has 0 bridgehead atoms. The minimum absolute atomic E-state index is 0.0302. The number of carboxylic acids is 1. The molecule has 1 aliphatic rings. The van der Waals surface area contributed by atoms with Gasteiger partial charge < -0.3 is 14.7 Å². The highest BCUT2D eigenvalue weighted by Gasteiger charge is 2.29. The number of carbonyl (C=O) groups is 1. The molecule has 1 saturated carbocycles. The molecule has 1 aliphatic carbocycles. The van der Waals surface area contributed by atoms with Crippen LogP contribution >= 0.6 is 0 Å². The average molecular weight is 394 g/mol. The second-order valence-corrected chi connectivity index (χ2v) is 7.78. The molecule has 3 aromatic rings. The predicted octanol–water partition coefficient (Wildman–Crippen LogP) is 3.72. The van der Waals surface area contributed by atoms with Crippen molar-refractivity contribution < 1.29 is 14.6 Å². The van der Waals surface area contributed by atoms with E-state index in [1.165, 1.54) is 6.42 Å². The first-order valence-electron chi connectivity index (χ1n) is 10.0. The Hall–Kier alpha value is -2.93. The van der Waals surface area contributed by atoms with Crippen LogP contribution in [0, 0.1) is 0 Å². The molecule has 0 unspecified atom stereocenters. The van der Waals surface area contributed by atoms with Crippen molar-refractivity contribution in [2.24, 2.45) is 0 Å². The van der Waals surface area contributed by atoms with E-state index in [9.17, 15) is 9.90 Å². The molecule has 0 radical (unpaired) electrons. The van der Waals surface area contributed by atoms with E-state index < -0.39 is 5.97 Å². The minimum atomic E-state index is -1.07. The zero-order chi connectivity index (χ0) is 20.4. The summed E-state index contributed by atoms with van der Waals surface area (Å²) in [6.45, 7) is 1.41. The molecule has 0 atom stereocenters. The highest BCUT2D eigenvalue weighted by Crippen LogP contribution is 2.42. The van der Waals surface area contributed by atoms with E-state index >= 15 is 0 Å². The van der Waals surface area contributed by atoms with Gasteiger partial charge in [-0.25, -0.2) is 14.5 Å². The largest absolute Gasteiger partial charge is 0.493 e. The van der Waals surface area contributed by atoms with Crippen molar-refractivity contribution in [1.29, 1.82) is 0 Å². The summed E-state index contributed by atoms with van der Waals surface area (Å²) in [6.07, 6.45) is 4.21. The van der Waals surface area contributed by atoms with E-state index in [-0.39, 0.29) is 5.69 Å². The fourth-order valence-electron chi connectivity index (χ4n) is 3.61. The number of aromatic carboxylic acids is 1. The van der Waals surface area contributed by atoms with Gasteiger partial charge in [-0.3, -0.25) is 0 Å². The zero-order valence-corrected chi connectivity index (χ0v) is 16.8.